The van der Waals surface area contributed by atoms with Crippen molar-refractivity contribution in [3.63, 3.8) is 0 Å². The SMILES string of the molecule is Oc1c2cc(OCc3ccccc3)cc1Cc1cc(OCc3ccccc3)cc(c1O)Cc1cc(OCc3ccccc3)cc(c1O)Cc1cc(OCc3ccccc3)cc(c1O)C2. The highest BCUT2D eigenvalue weighted by Gasteiger charge is 2.23. The van der Waals surface area contributed by atoms with Gasteiger partial charge in [-0.25, -0.2) is 0 Å². The van der Waals surface area contributed by atoms with Crippen LogP contribution in [0.5, 0.6) is 46.0 Å². The van der Waals surface area contributed by atoms with Crippen LogP contribution in [0.4, 0.5) is 0 Å². The summed E-state index contributed by atoms with van der Waals surface area (Å²) in [4.78, 5) is 0. The van der Waals surface area contributed by atoms with Crippen LogP contribution in [0.25, 0.3) is 0 Å². The van der Waals surface area contributed by atoms with Gasteiger partial charge in [0.15, 0.2) is 0 Å². The normalized spacial score (nSPS) is 12.0. The first-order chi connectivity index (χ1) is 31.3. The summed E-state index contributed by atoms with van der Waals surface area (Å²) >= 11 is 0. The van der Waals surface area contributed by atoms with Crippen molar-refractivity contribution in [3.05, 3.63) is 237 Å². The van der Waals surface area contributed by atoms with Crippen molar-refractivity contribution < 1.29 is 39.4 Å². The molecule has 0 spiro atoms. The third kappa shape index (κ3) is 9.93. The van der Waals surface area contributed by atoms with Gasteiger partial charge < -0.3 is 39.4 Å². The van der Waals surface area contributed by atoms with Crippen LogP contribution >= 0.6 is 0 Å². The van der Waals surface area contributed by atoms with E-state index < -0.39 is 0 Å². The molecule has 1 aliphatic carbocycles. The van der Waals surface area contributed by atoms with E-state index >= 15 is 0 Å². The summed E-state index contributed by atoms with van der Waals surface area (Å²) in [6.07, 6.45) is 0.435. The van der Waals surface area contributed by atoms with Crippen molar-refractivity contribution in [3.8, 4) is 46.0 Å². The van der Waals surface area contributed by atoms with Gasteiger partial charge in [-0.1, -0.05) is 121 Å². The molecule has 9 rings (SSSR count). The molecule has 4 N–H and O–H groups in total. The Morgan fingerprint density at radius 1 is 0.266 bits per heavy atom. The monoisotopic (exact) mass is 848 g/mol. The summed E-state index contributed by atoms with van der Waals surface area (Å²) in [6.45, 7) is 1.16. The molecule has 0 heterocycles. The smallest absolute Gasteiger partial charge is 0.122 e. The molecule has 1 aliphatic rings. The van der Waals surface area contributed by atoms with E-state index in [2.05, 4.69) is 0 Å². The molecule has 8 nitrogen and oxygen atoms in total. The fraction of sp³-hybridized carbons (Fsp3) is 0.143. The fourth-order valence-corrected chi connectivity index (χ4v) is 8.11. The highest BCUT2D eigenvalue weighted by atomic mass is 16.5. The largest absolute Gasteiger partial charge is 0.507 e. The highest BCUT2D eigenvalue weighted by Crippen LogP contribution is 2.42. The minimum atomic E-state index is 0.00957. The summed E-state index contributed by atoms with van der Waals surface area (Å²) in [7, 11) is 0. The van der Waals surface area contributed by atoms with Crippen molar-refractivity contribution in [1.29, 1.82) is 0 Å². The van der Waals surface area contributed by atoms with E-state index in [0.29, 0.717) is 93.9 Å². The minimum Gasteiger partial charge on any atom is -0.507 e. The predicted molar refractivity (Wildman–Crippen MR) is 247 cm³/mol. The van der Waals surface area contributed by atoms with E-state index in [4.69, 9.17) is 18.9 Å². The molecule has 0 aromatic heterocycles. The van der Waals surface area contributed by atoms with Gasteiger partial charge in [0.05, 0.1) is 0 Å². The van der Waals surface area contributed by atoms with Crippen LogP contribution < -0.4 is 18.9 Å². The lowest BCUT2D eigenvalue weighted by Crippen LogP contribution is -2.05. The van der Waals surface area contributed by atoms with Gasteiger partial charge in [0, 0.05) is 70.2 Å². The number of ether oxygens (including phenoxy) is 4. The number of hydrogen-bond acceptors (Lipinski definition) is 8. The van der Waals surface area contributed by atoms with Crippen molar-refractivity contribution in [2.75, 3.05) is 0 Å². The second kappa shape index (κ2) is 19.1. The zero-order valence-corrected chi connectivity index (χ0v) is 35.2. The second-order valence-corrected chi connectivity index (χ2v) is 16.2. The number of benzene rings is 8. The maximum absolute atomic E-state index is 12.1. The molecule has 0 fully saturated rings. The van der Waals surface area contributed by atoms with Gasteiger partial charge in [-0.2, -0.15) is 0 Å². The summed E-state index contributed by atoms with van der Waals surface area (Å²) in [5.74, 6) is 2.11. The molecule has 0 saturated heterocycles. The molecule has 320 valence electrons. The third-order valence-electron chi connectivity index (χ3n) is 11.5. The van der Waals surface area contributed by atoms with E-state index in [1.165, 1.54) is 0 Å². The average Bonchev–Trinajstić information content (AvgIpc) is 3.32. The zero-order valence-electron chi connectivity index (χ0n) is 35.2. The van der Waals surface area contributed by atoms with E-state index in [0.717, 1.165) is 22.3 Å². The van der Waals surface area contributed by atoms with Crippen molar-refractivity contribution in [1.82, 2.24) is 0 Å². The first-order valence-electron chi connectivity index (χ1n) is 21.4. The number of rotatable bonds is 12. The highest BCUT2D eigenvalue weighted by molar-refractivity contribution is 5.59. The molecule has 8 heteroatoms. The average molecular weight is 849 g/mol. The standard InChI is InChI=1S/C56H48O8/c57-53-41-21-43-27-50(62-34-38-15-7-2-8-16-38)29-45(54(43)58)23-47-31-52(64-36-40-19-11-4-12-20-40)32-48(56(47)60)24-46-30-51(63-35-39-17-9-3-10-18-39)28-44(55(46)59)22-42(53)26-49(25-41)61-33-37-13-5-1-6-14-37/h1-20,25-32,57-60H,21-24,33-36H2. The Bertz CT molecular complexity index is 2370. The number of phenols is 4. The summed E-state index contributed by atoms with van der Waals surface area (Å²) < 4.78 is 25.5. The second-order valence-electron chi connectivity index (χ2n) is 16.2. The lowest BCUT2D eigenvalue weighted by Gasteiger charge is -2.20. The quantitative estimate of drug-likeness (QED) is 0.0960. The Morgan fingerprint density at radius 2 is 0.438 bits per heavy atom. The zero-order chi connectivity index (χ0) is 43.8. The molecule has 64 heavy (non-hydrogen) atoms. The van der Waals surface area contributed by atoms with Gasteiger partial charge in [0.1, 0.15) is 72.4 Å². The van der Waals surface area contributed by atoms with Crippen LogP contribution in [0.1, 0.15) is 66.8 Å². The van der Waals surface area contributed by atoms with Crippen molar-refractivity contribution in [2.45, 2.75) is 52.1 Å². The van der Waals surface area contributed by atoms with Crippen LogP contribution in [0.2, 0.25) is 0 Å². The summed E-state index contributed by atoms with van der Waals surface area (Å²) in [6, 6.07) is 53.6. The third-order valence-corrected chi connectivity index (χ3v) is 11.5. The van der Waals surface area contributed by atoms with E-state index in [1.54, 1.807) is 48.5 Å². The molecular weight excluding hydrogens is 801 g/mol. The van der Waals surface area contributed by atoms with Gasteiger partial charge in [0.25, 0.3) is 0 Å². The van der Waals surface area contributed by atoms with Gasteiger partial charge in [-0.05, 0) is 70.8 Å². The van der Waals surface area contributed by atoms with E-state index in [-0.39, 0.29) is 48.7 Å². The maximum atomic E-state index is 12.1. The Balaban J connectivity index is 1.18. The van der Waals surface area contributed by atoms with Crippen LogP contribution in [0, 0.1) is 0 Å². The molecule has 0 amide bonds. The molecule has 8 aromatic carbocycles. The minimum absolute atomic E-state index is 0.00957. The fourth-order valence-electron chi connectivity index (χ4n) is 8.11. The van der Waals surface area contributed by atoms with Gasteiger partial charge in [-0.3, -0.25) is 0 Å². The first kappa shape index (κ1) is 41.5. The Kier molecular flexibility index (Phi) is 12.4. The van der Waals surface area contributed by atoms with Crippen LogP contribution in [-0.4, -0.2) is 20.4 Å². The van der Waals surface area contributed by atoms with Gasteiger partial charge in [-0.15, -0.1) is 0 Å². The molecule has 0 aliphatic heterocycles. The molecule has 8 aromatic rings. The summed E-state index contributed by atoms with van der Waals surface area (Å²) in [5, 5.41) is 48.5. The van der Waals surface area contributed by atoms with Crippen LogP contribution in [0.15, 0.2) is 170 Å². The predicted octanol–water partition coefficient (Wildman–Crippen LogP) is 11.5. The lowest BCUT2D eigenvalue weighted by molar-refractivity contribution is 0.304. The number of hydrogen-bond donors (Lipinski definition) is 4. The summed E-state index contributed by atoms with van der Waals surface area (Å²) in [5.41, 5.74) is 7.95. The van der Waals surface area contributed by atoms with Crippen molar-refractivity contribution >= 4 is 0 Å². The number of fused-ring (bicyclic) bond motifs is 8. The number of phenolic OH excluding ortho intramolecular Hbond substituents is 4. The van der Waals surface area contributed by atoms with E-state index in [1.807, 2.05) is 121 Å². The Morgan fingerprint density at radius 3 is 0.609 bits per heavy atom. The maximum Gasteiger partial charge on any atom is 0.122 e. The molecule has 0 unspecified atom stereocenters. The van der Waals surface area contributed by atoms with Gasteiger partial charge >= 0.3 is 0 Å². The molecule has 0 atom stereocenters. The Hall–Kier alpha value is -7.84. The number of aromatic hydroxyl groups is 4. The van der Waals surface area contributed by atoms with Crippen LogP contribution in [0.3, 0.4) is 0 Å². The van der Waals surface area contributed by atoms with Gasteiger partial charge in [0.2, 0.25) is 0 Å². The van der Waals surface area contributed by atoms with Crippen molar-refractivity contribution in [2.24, 2.45) is 0 Å². The molecular formula is C56H48O8. The first-order valence-corrected chi connectivity index (χ1v) is 21.4. The van der Waals surface area contributed by atoms with Crippen LogP contribution in [-0.2, 0) is 52.1 Å². The Labute approximate surface area is 372 Å². The topological polar surface area (TPSA) is 118 Å². The molecule has 0 saturated carbocycles. The molecule has 8 bridgehead atoms. The molecule has 0 radical (unpaired) electrons. The van der Waals surface area contributed by atoms with E-state index in [9.17, 15) is 20.4 Å². The lowest BCUT2D eigenvalue weighted by atomic mass is 9.91.